The van der Waals surface area contributed by atoms with Crippen LogP contribution < -0.4 is 10.1 Å². The summed E-state index contributed by atoms with van der Waals surface area (Å²) in [4.78, 5) is 38.2. The van der Waals surface area contributed by atoms with Crippen LogP contribution in [0.1, 0.15) is 6.92 Å². The molecule has 1 aliphatic heterocycles. The Morgan fingerprint density at radius 3 is 2.48 bits per heavy atom. The first-order valence-electron chi connectivity index (χ1n) is 7.76. The van der Waals surface area contributed by atoms with Crippen LogP contribution in [0.15, 0.2) is 48.2 Å². The zero-order valence-corrected chi connectivity index (χ0v) is 14.5. The van der Waals surface area contributed by atoms with Crippen LogP contribution >= 0.6 is 0 Å². The van der Waals surface area contributed by atoms with Crippen LogP contribution in [0.5, 0.6) is 5.75 Å². The van der Waals surface area contributed by atoms with Crippen LogP contribution in [0, 0.1) is 0 Å². The largest absolute Gasteiger partial charge is 0.425 e. The van der Waals surface area contributed by atoms with Gasteiger partial charge in [-0.15, -0.1) is 0 Å². The Morgan fingerprint density at radius 2 is 1.88 bits per heavy atom. The number of hydrogen-bond acceptors (Lipinski definition) is 5. The number of nitrogens with zero attached hydrogens (tertiary/aromatic N) is 2. The number of carbonyl (C=O) groups excluding carboxylic acids is 3. The smallest absolute Gasteiger partial charge is 0.330 e. The van der Waals surface area contributed by atoms with Gasteiger partial charge in [0.05, 0.1) is 0 Å². The molecule has 2 rings (SSSR count). The number of likely N-dealkylation sites (N-methyl/N-ethyl adjacent to an activating group) is 1. The Balaban J connectivity index is 1.88. The Kier molecular flexibility index (Phi) is 5.94. The lowest BCUT2D eigenvalue weighted by atomic mass is 10.1. The molecular formula is C18H21N3O4. The average Bonchev–Trinajstić information content (AvgIpc) is 2.55. The van der Waals surface area contributed by atoms with Crippen molar-refractivity contribution in [1.29, 1.82) is 0 Å². The van der Waals surface area contributed by atoms with E-state index in [2.05, 4.69) is 5.32 Å². The molecule has 0 saturated heterocycles. The van der Waals surface area contributed by atoms with Crippen molar-refractivity contribution in [2.45, 2.75) is 6.92 Å². The Bertz CT molecular complexity index is 720. The number of benzene rings is 1. The molecule has 1 heterocycles. The topological polar surface area (TPSA) is 79.0 Å². The number of carbonyl (C=O) groups is 3. The molecule has 0 fully saturated rings. The fraction of sp³-hybridized carbons (Fsp3) is 0.278. The van der Waals surface area contributed by atoms with Gasteiger partial charge in [-0.3, -0.25) is 9.59 Å². The zero-order chi connectivity index (χ0) is 18.4. The van der Waals surface area contributed by atoms with E-state index in [1.165, 1.54) is 11.8 Å². The molecule has 25 heavy (non-hydrogen) atoms. The number of amides is 2. The third kappa shape index (κ3) is 5.49. The van der Waals surface area contributed by atoms with Gasteiger partial charge in [-0.1, -0.05) is 6.08 Å². The Labute approximate surface area is 146 Å². The van der Waals surface area contributed by atoms with Gasteiger partial charge in [0.25, 0.3) is 5.91 Å². The van der Waals surface area contributed by atoms with Crippen molar-refractivity contribution in [3.8, 4) is 5.75 Å². The fourth-order valence-electron chi connectivity index (χ4n) is 2.28. The first kappa shape index (κ1) is 18.3. The van der Waals surface area contributed by atoms with Gasteiger partial charge in [0.15, 0.2) is 0 Å². The highest BCUT2D eigenvalue weighted by Crippen LogP contribution is 2.16. The number of hydrogen-bond donors (Lipinski definition) is 1. The summed E-state index contributed by atoms with van der Waals surface area (Å²) in [7, 11) is 3.37. The van der Waals surface area contributed by atoms with E-state index in [1.807, 2.05) is 0 Å². The molecule has 0 saturated carbocycles. The van der Waals surface area contributed by atoms with Crippen molar-refractivity contribution in [3.63, 3.8) is 0 Å². The van der Waals surface area contributed by atoms with Gasteiger partial charge < -0.3 is 19.9 Å². The number of ether oxygens (including phenoxy) is 1. The van der Waals surface area contributed by atoms with E-state index in [0.29, 0.717) is 23.6 Å². The van der Waals surface area contributed by atoms with Crippen molar-refractivity contribution in [3.05, 3.63) is 48.2 Å². The minimum Gasteiger partial charge on any atom is -0.425 e. The first-order chi connectivity index (χ1) is 11.8. The molecule has 2 amide bonds. The number of nitrogens with one attached hydrogen (secondary N) is 1. The molecule has 0 bridgehead atoms. The lowest BCUT2D eigenvalue weighted by Gasteiger charge is -2.24. The maximum atomic E-state index is 12.1. The standard InChI is InChI=1S/C18H21N3O4/c1-13(22)19-15-6-8-16(9-7-15)25-17(23)12-21-10-4-5-14(11-21)18(24)20(2)3/h4-10H,11-12H2,1-3H3,(H,19,22). The molecule has 0 radical (unpaired) electrons. The molecule has 1 N–H and O–H groups in total. The second-order valence-electron chi connectivity index (χ2n) is 5.82. The fourth-order valence-corrected chi connectivity index (χ4v) is 2.28. The van der Waals surface area contributed by atoms with Gasteiger partial charge in [0, 0.05) is 45.0 Å². The zero-order valence-electron chi connectivity index (χ0n) is 14.5. The van der Waals surface area contributed by atoms with Gasteiger partial charge in [-0.2, -0.15) is 0 Å². The highest BCUT2D eigenvalue weighted by molar-refractivity contribution is 5.94. The highest BCUT2D eigenvalue weighted by Gasteiger charge is 2.18. The number of esters is 1. The predicted molar refractivity (Wildman–Crippen MR) is 93.9 cm³/mol. The Morgan fingerprint density at radius 1 is 1.20 bits per heavy atom. The Hall–Kier alpha value is -3.09. The average molecular weight is 343 g/mol. The van der Waals surface area contributed by atoms with Gasteiger partial charge in [0.2, 0.25) is 5.91 Å². The van der Waals surface area contributed by atoms with E-state index in [9.17, 15) is 14.4 Å². The third-order valence-corrected chi connectivity index (χ3v) is 3.39. The summed E-state index contributed by atoms with van der Waals surface area (Å²) in [6.07, 6.45) is 5.22. The molecule has 0 aliphatic carbocycles. The van der Waals surface area contributed by atoms with Crippen molar-refractivity contribution in [2.24, 2.45) is 0 Å². The molecule has 0 unspecified atom stereocenters. The molecule has 132 valence electrons. The molecule has 1 aromatic rings. The predicted octanol–water partition coefficient (Wildman–Crippen LogP) is 1.39. The highest BCUT2D eigenvalue weighted by atomic mass is 16.5. The number of anilines is 1. The van der Waals surface area contributed by atoms with Gasteiger partial charge in [-0.05, 0) is 30.3 Å². The summed E-state index contributed by atoms with van der Waals surface area (Å²) in [6.45, 7) is 1.80. The van der Waals surface area contributed by atoms with E-state index >= 15 is 0 Å². The van der Waals surface area contributed by atoms with Crippen LogP contribution in [0.4, 0.5) is 5.69 Å². The maximum Gasteiger partial charge on any atom is 0.330 e. The molecule has 0 atom stereocenters. The second-order valence-corrected chi connectivity index (χ2v) is 5.82. The lowest BCUT2D eigenvalue weighted by molar-refractivity contribution is -0.135. The van der Waals surface area contributed by atoms with E-state index < -0.39 is 5.97 Å². The normalized spacial score (nSPS) is 13.1. The summed E-state index contributed by atoms with van der Waals surface area (Å²) >= 11 is 0. The van der Waals surface area contributed by atoms with E-state index in [0.717, 1.165) is 0 Å². The number of allylic oxidation sites excluding steroid dienone is 2. The maximum absolute atomic E-state index is 12.1. The van der Waals surface area contributed by atoms with Crippen LogP contribution in [0.2, 0.25) is 0 Å². The van der Waals surface area contributed by atoms with Gasteiger partial charge in [-0.25, -0.2) is 4.79 Å². The SMILES string of the molecule is CC(=O)Nc1ccc(OC(=O)CN2C=CC=C(C(=O)N(C)C)C2)cc1. The van der Waals surface area contributed by atoms with Crippen LogP contribution in [0.25, 0.3) is 0 Å². The third-order valence-electron chi connectivity index (χ3n) is 3.39. The van der Waals surface area contributed by atoms with E-state index in [4.69, 9.17) is 4.74 Å². The van der Waals surface area contributed by atoms with Gasteiger partial charge in [0.1, 0.15) is 12.3 Å². The van der Waals surface area contributed by atoms with Crippen molar-refractivity contribution >= 4 is 23.5 Å². The summed E-state index contributed by atoms with van der Waals surface area (Å²) in [5, 5.41) is 2.64. The molecular weight excluding hydrogens is 322 g/mol. The molecule has 7 nitrogen and oxygen atoms in total. The molecule has 1 aliphatic rings. The molecule has 1 aromatic carbocycles. The minimum atomic E-state index is -0.435. The van der Waals surface area contributed by atoms with Crippen molar-refractivity contribution in [2.75, 3.05) is 32.5 Å². The summed E-state index contributed by atoms with van der Waals surface area (Å²) < 4.78 is 5.28. The second kappa shape index (κ2) is 8.14. The quantitative estimate of drug-likeness (QED) is 0.646. The summed E-state index contributed by atoms with van der Waals surface area (Å²) in [5.74, 6) is -0.301. The van der Waals surface area contributed by atoms with Gasteiger partial charge >= 0.3 is 5.97 Å². The monoisotopic (exact) mass is 343 g/mol. The van der Waals surface area contributed by atoms with Crippen LogP contribution in [-0.2, 0) is 14.4 Å². The first-order valence-corrected chi connectivity index (χ1v) is 7.76. The van der Waals surface area contributed by atoms with E-state index in [1.54, 1.807) is 61.6 Å². The lowest BCUT2D eigenvalue weighted by Crippen LogP contribution is -2.35. The summed E-state index contributed by atoms with van der Waals surface area (Å²) in [6, 6.07) is 6.52. The summed E-state index contributed by atoms with van der Waals surface area (Å²) in [5.41, 5.74) is 1.24. The molecule has 0 aromatic heterocycles. The van der Waals surface area contributed by atoms with Crippen LogP contribution in [0.3, 0.4) is 0 Å². The van der Waals surface area contributed by atoms with Crippen molar-refractivity contribution < 1.29 is 19.1 Å². The van der Waals surface area contributed by atoms with Crippen LogP contribution in [-0.4, -0.2) is 54.8 Å². The minimum absolute atomic E-state index is 0.0298. The number of rotatable bonds is 5. The van der Waals surface area contributed by atoms with Crippen molar-refractivity contribution in [1.82, 2.24) is 9.80 Å². The molecule has 0 spiro atoms. The molecule has 7 heteroatoms. The van der Waals surface area contributed by atoms with E-state index in [-0.39, 0.29) is 18.4 Å².